The third-order valence-electron chi connectivity index (χ3n) is 3.17. The first kappa shape index (κ1) is 11.6. The van der Waals surface area contributed by atoms with Crippen LogP contribution < -0.4 is 0 Å². The number of hydrogen-bond donors (Lipinski definition) is 1. The Kier molecular flexibility index (Phi) is 3.01. The number of hydrogen-bond acceptors (Lipinski definition) is 4. The molecule has 1 amide bonds. The fourth-order valence-corrected chi connectivity index (χ4v) is 2.81. The van der Waals surface area contributed by atoms with Crippen LogP contribution in [0.4, 0.5) is 0 Å². The molecule has 1 aromatic carbocycles. The second kappa shape index (κ2) is 4.66. The normalized spacial score (nSPS) is 14.9. The van der Waals surface area contributed by atoms with E-state index in [9.17, 15) is 4.79 Å². The van der Waals surface area contributed by atoms with Gasteiger partial charge in [0.25, 0.3) is 5.91 Å². The highest BCUT2D eigenvalue weighted by atomic mass is 32.1. The monoisotopic (exact) mass is 262 g/mol. The number of nitrogens with zero attached hydrogens (tertiary/aromatic N) is 2. The summed E-state index contributed by atoms with van der Waals surface area (Å²) < 4.78 is 1.03. The Bertz CT molecular complexity index is 577. The molecule has 0 spiro atoms. The van der Waals surface area contributed by atoms with Crippen LogP contribution in [0.15, 0.2) is 23.7 Å². The molecule has 5 heteroatoms. The molecule has 0 unspecified atom stereocenters. The maximum atomic E-state index is 12.4. The lowest BCUT2D eigenvalue weighted by Gasteiger charge is -2.21. The van der Waals surface area contributed by atoms with Crippen LogP contribution in [-0.4, -0.2) is 40.1 Å². The van der Waals surface area contributed by atoms with Crippen molar-refractivity contribution in [2.75, 3.05) is 13.2 Å². The van der Waals surface area contributed by atoms with Crippen molar-refractivity contribution in [1.82, 2.24) is 9.88 Å². The summed E-state index contributed by atoms with van der Waals surface area (Å²) in [5.41, 5.74) is 3.40. The van der Waals surface area contributed by atoms with Crippen molar-refractivity contribution in [3.8, 4) is 0 Å². The highest BCUT2D eigenvalue weighted by Crippen LogP contribution is 2.28. The first-order chi connectivity index (χ1) is 8.79. The molecule has 4 nitrogen and oxygen atoms in total. The fourth-order valence-electron chi connectivity index (χ4n) is 2.10. The summed E-state index contributed by atoms with van der Waals surface area (Å²) in [6.07, 6.45) is 2.10. The number of amides is 1. The van der Waals surface area contributed by atoms with Gasteiger partial charge < -0.3 is 10.0 Å². The third-order valence-corrected chi connectivity index (χ3v) is 3.96. The number of aliphatic hydroxyl groups excluding tert-OH is 1. The average molecular weight is 262 g/mol. The van der Waals surface area contributed by atoms with Gasteiger partial charge in [-0.25, -0.2) is 4.98 Å². The van der Waals surface area contributed by atoms with Crippen molar-refractivity contribution in [2.45, 2.75) is 18.9 Å². The number of thiazole rings is 1. The first-order valence-corrected chi connectivity index (χ1v) is 6.92. The Balaban J connectivity index is 1.89. The topological polar surface area (TPSA) is 53.4 Å². The lowest BCUT2D eigenvalue weighted by Crippen LogP contribution is -2.35. The van der Waals surface area contributed by atoms with Gasteiger partial charge in [0.05, 0.1) is 22.3 Å². The van der Waals surface area contributed by atoms with Crippen LogP contribution >= 0.6 is 11.3 Å². The number of aromatic nitrogens is 1. The first-order valence-electron chi connectivity index (χ1n) is 6.04. The van der Waals surface area contributed by atoms with Crippen molar-refractivity contribution in [3.05, 3.63) is 29.3 Å². The highest BCUT2D eigenvalue weighted by Gasteiger charge is 2.32. The number of carbonyl (C=O) groups excluding carboxylic acids is 1. The summed E-state index contributed by atoms with van der Waals surface area (Å²) in [4.78, 5) is 18.4. The minimum Gasteiger partial charge on any atom is -0.395 e. The van der Waals surface area contributed by atoms with Crippen molar-refractivity contribution >= 4 is 27.5 Å². The lowest BCUT2D eigenvalue weighted by atomic mass is 10.2. The zero-order valence-corrected chi connectivity index (χ0v) is 10.7. The van der Waals surface area contributed by atoms with Gasteiger partial charge in [-0.2, -0.15) is 0 Å². The van der Waals surface area contributed by atoms with Gasteiger partial charge >= 0.3 is 0 Å². The summed E-state index contributed by atoms with van der Waals surface area (Å²) in [5.74, 6) is 0.0156. The van der Waals surface area contributed by atoms with Gasteiger partial charge in [-0.1, -0.05) is 0 Å². The lowest BCUT2D eigenvalue weighted by molar-refractivity contribution is 0.0708. The molecule has 2 aromatic rings. The van der Waals surface area contributed by atoms with Gasteiger partial charge in [0.2, 0.25) is 0 Å². The summed E-state index contributed by atoms with van der Waals surface area (Å²) in [6.45, 7) is 0.440. The molecule has 1 fully saturated rings. The molecule has 0 bridgehead atoms. The van der Waals surface area contributed by atoms with E-state index in [0.29, 0.717) is 18.2 Å². The summed E-state index contributed by atoms with van der Waals surface area (Å²) in [6, 6.07) is 5.91. The molecule has 0 atom stereocenters. The predicted octanol–water partition coefficient (Wildman–Crippen LogP) is 1.89. The number of aliphatic hydroxyl groups is 1. The second-order valence-electron chi connectivity index (χ2n) is 4.49. The standard InChI is InChI=1S/C13H14N2O2S/c16-6-5-15(10-2-3-10)13(17)9-1-4-11-12(7-9)18-8-14-11/h1,4,7-8,10,16H,2-3,5-6H2. The molecule has 94 valence electrons. The maximum absolute atomic E-state index is 12.4. The maximum Gasteiger partial charge on any atom is 0.254 e. The Morgan fingerprint density at radius 3 is 3.06 bits per heavy atom. The van der Waals surface area contributed by atoms with E-state index in [1.807, 2.05) is 18.2 Å². The molecule has 1 heterocycles. The van der Waals surface area contributed by atoms with E-state index in [4.69, 9.17) is 5.11 Å². The Morgan fingerprint density at radius 1 is 1.50 bits per heavy atom. The molecule has 0 aliphatic heterocycles. The molecule has 1 N–H and O–H groups in total. The van der Waals surface area contributed by atoms with Gasteiger partial charge in [0.1, 0.15) is 0 Å². The van der Waals surface area contributed by atoms with Crippen molar-refractivity contribution in [2.24, 2.45) is 0 Å². The largest absolute Gasteiger partial charge is 0.395 e. The molecule has 3 rings (SSSR count). The number of carbonyl (C=O) groups is 1. The van der Waals surface area contributed by atoms with Crippen LogP contribution in [0.2, 0.25) is 0 Å². The smallest absolute Gasteiger partial charge is 0.254 e. The van der Waals surface area contributed by atoms with Gasteiger partial charge in [-0.05, 0) is 31.0 Å². The Hall–Kier alpha value is -1.46. The summed E-state index contributed by atoms with van der Waals surface area (Å²) in [5, 5.41) is 9.05. The van der Waals surface area contributed by atoms with Crippen LogP contribution in [0.5, 0.6) is 0 Å². The summed E-state index contributed by atoms with van der Waals surface area (Å²) in [7, 11) is 0. The molecule has 1 saturated carbocycles. The van der Waals surface area contributed by atoms with Crippen molar-refractivity contribution in [3.63, 3.8) is 0 Å². The molecule has 1 aromatic heterocycles. The van der Waals surface area contributed by atoms with Gasteiger partial charge in [0.15, 0.2) is 0 Å². The molecule has 18 heavy (non-hydrogen) atoms. The van der Waals surface area contributed by atoms with Crippen molar-refractivity contribution in [1.29, 1.82) is 0 Å². The van der Waals surface area contributed by atoms with Crippen molar-refractivity contribution < 1.29 is 9.90 Å². The molecule has 1 aliphatic carbocycles. The minimum absolute atomic E-state index is 0.0156. The van der Waals surface area contributed by atoms with Gasteiger partial charge in [-0.15, -0.1) is 11.3 Å². The number of benzene rings is 1. The van der Waals surface area contributed by atoms with E-state index in [1.54, 1.807) is 10.4 Å². The number of fused-ring (bicyclic) bond motifs is 1. The zero-order valence-electron chi connectivity index (χ0n) is 9.87. The van der Waals surface area contributed by atoms with E-state index in [2.05, 4.69) is 4.98 Å². The average Bonchev–Trinajstić information content (AvgIpc) is 3.12. The second-order valence-corrected chi connectivity index (χ2v) is 5.37. The highest BCUT2D eigenvalue weighted by molar-refractivity contribution is 7.16. The third kappa shape index (κ3) is 2.11. The van der Waals surface area contributed by atoms with E-state index < -0.39 is 0 Å². The predicted molar refractivity (Wildman–Crippen MR) is 70.8 cm³/mol. The SMILES string of the molecule is O=C(c1ccc2ncsc2c1)N(CCO)C1CC1. The van der Waals surface area contributed by atoms with Gasteiger partial charge in [0, 0.05) is 18.2 Å². The van der Waals surface area contributed by atoms with E-state index in [0.717, 1.165) is 23.1 Å². The molecular formula is C13H14N2O2S. The number of rotatable bonds is 4. The van der Waals surface area contributed by atoms with Crippen LogP contribution in [0.1, 0.15) is 23.2 Å². The van der Waals surface area contributed by atoms with Crippen LogP contribution in [0.25, 0.3) is 10.2 Å². The molecule has 0 radical (unpaired) electrons. The zero-order chi connectivity index (χ0) is 12.5. The van der Waals surface area contributed by atoms with E-state index in [1.165, 1.54) is 11.3 Å². The molecular weight excluding hydrogens is 248 g/mol. The Morgan fingerprint density at radius 2 is 2.33 bits per heavy atom. The molecule has 0 saturated heterocycles. The fraction of sp³-hybridized carbons (Fsp3) is 0.385. The van der Waals surface area contributed by atoms with Gasteiger partial charge in [-0.3, -0.25) is 4.79 Å². The van der Waals surface area contributed by atoms with Crippen LogP contribution in [0, 0.1) is 0 Å². The minimum atomic E-state index is 0.0156. The van der Waals surface area contributed by atoms with E-state index >= 15 is 0 Å². The van der Waals surface area contributed by atoms with E-state index in [-0.39, 0.29) is 12.5 Å². The molecule has 1 aliphatic rings. The van der Waals surface area contributed by atoms with Crippen LogP contribution in [-0.2, 0) is 0 Å². The van der Waals surface area contributed by atoms with Crippen LogP contribution in [0.3, 0.4) is 0 Å². The summed E-state index contributed by atoms with van der Waals surface area (Å²) >= 11 is 1.54. The Labute approximate surface area is 109 Å². The quantitative estimate of drug-likeness (QED) is 0.915.